The molecule has 2 aliphatic rings. The number of cyclic esters (lactones) is 1. The van der Waals surface area contributed by atoms with Crippen LogP contribution in [-0.4, -0.2) is 43.9 Å². The molecule has 4 heterocycles. The summed E-state index contributed by atoms with van der Waals surface area (Å²) in [6, 6.07) is 7.29. The average molecular weight is 467 g/mol. The maximum Gasteiger partial charge on any atom is 0.343 e. The molecular formula is C24H25N3O7. The quantitative estimate of drug-likeness (QED) is 0.254. The van der Waals surface area contributed by atoms with Gasteiger partial charge >= 0.3 is 5.97 Å². The summed E-state index contributed by atoms with van der Waals surface area (Å²) < 4.78 is 11.9. The van der Waals surface area contributed by atoms with Gasteiger partial charge in [-0.25, -0.2) is 9.78 Å². The van der Waals surface area contributed by atoms with E-state index in [1.165, 1.54) is 4.57 Å². The molecule has 0 saturated heterocycles. The van der Waals surface area contributed by atoms with Crippen LogP contribution >= 0.6 is 0 Å². The molecule has 1 atom stereocenters. The molecule has 3 aromatic rings. The third kappa shape index (κ3) is 3.10. The van der Waals surface area contributed by atoms with Gasteiger partial charge in [-0.05, 0) is 30.7 Å². The van der Waals surface area contributed by atoms with Crippen molar-refractivity contribution in [3.8, 4) is 17.1 Å². The van der Waals surface area contributed by atoms with Gasteiger partial charge < -0.3 is 34.7 Å². The maximum atomic E-state index is 13.5. The van der Waals surface area contributed by atoms with Gasteiger partial charge in [0.1, 0.15) is 12.4 Å². The number of esters is 1. The van der Waals surface area contributed by atoms with E-state index in [-0.39, 0.29) is 48.5 Å². The van der Waals surface area contributed by atoms with Crippen molar-refractivity contribution >= 4 is 22.6 Å². The van der Waals surface area contributed by atoms with Gasteiger partial charge in [-0.2, -0.15) is 0 Å². The van der Waals surface area contributed by atoms with Gasteiger partial charge in [-0.1, -0.05) is 13.8 Å². The third-order valence-corrected chi connectivity index (χ3v) is 6.64. The van der Waals surface area contributed by atoms with E-state index < -0.39 is 23.0 Å². The smallest absolute Gasteiger partial charge is 0.343 e. The van der Waals surface area contributed by atoms with Crippen LogP contribution in [0.1, 0.15) is 43.4 Å². The lowest BCUT2D eigenvalue weighted by Crippen LogP contribution is -2.47. The van der Waals surface area contributed by atoms with Crippen LogP contribution < -0.4 is 15.6 Å². The van der Waals surface area contributed by atoms with E-state index in [1.54, 1.807) is 33.1 Å². The average Bonchev–Trinajstić information content (AvgIpc) is 3.20. The first-order valence-electron chi connectivity index (χ1n) is 11.0. The van der Waals surface area contributed by atoms with E-state index in [2.05, 4.69) is 5.32 Å². The predicted octanol–water partition coefficient (Wildman–Crippen LogP) is 1.55. The number of methoxy groups -OCH3 is 1. The number of pyridine rings is 2. The molecule has 2 aromatic heterocycles. The number of fused-ring (bicyclic) bond motifs is 5. The van der Waals surface area contributed by atoms with Gasteiger partial charge in [0.2, 0.25) is 5.91 Å². The molecule has 34 heavy (non-hydrogen) atoms. The van der Waals surface area contributed by atoms with Crippen molar-refractivity contribution in [2.45, 2.75) is 51.4 Å². The predicted molar refractivity (Wildman–Crippen MR) is 122 cm³/mol. The first kappa shape index (κ1) is 22.3. The molecule has 0 spiro atoms. The SMILES string of the molecule is CCC(O)(O)Nc1c2c(c(=O)n3c1-c1nc4ccc(OC)cc4cc1C3)COC(=O)[C@]2(O)CC. The van der Waals surface area contributed by atoms with Crippen LogP contribution in [0.15, 0.2) is 29.1 Å². The summed E-state index contributed by atoms with van der Waals surface area (Å²) in [5, 5.41) is 35.8. The number of nitrogens with one attached hydrogen (secondary N) is 1. The van der Waals surface area contributed by atoms with Crippen LogP contribution in [0.2, 0.25) is 0 Å². The van der Waals surface area contributed by atoms with Crippen LogP contribution in [-0.2, 0) is 28.3 Å². The van der Waals surface area contributed by atoms with E-state index in [0.29, 0.717) is 17.0 Å². The summed E-state index contributed by atoms with van der Waals surface area (Å²) in [5.41, 5.74) is -0.328. The number of hydrogen-bond donors (Lipinski definition) is 4. The monoisotopic (exact) mass is 467 g/mol. The number of benzene rings is 1. The molecule has 0 aliphatic carbocycles. The number of nitrogens with zero attached hydrogens (tertiary/aromatic N) is 2. The molecule has 10 nitrogen and oxygen atoms in total. The molecule has 0 fully saturated rings. The van der Waals surface area contributed by atoms with Crippen LogP contribution in [0.4, 0.5) is 5.69 Å². The van der Waals surface area contributed by atoms with Crippen molar-refractivity contribution in [1.29, 1.82) is 0 Å². The maximum absolute atomic E-state index is 13.5. The Hall–Kier alpha value is -3.47. The van der Waals surface area contributed by atoms with Gasteiger partial charge in [0.05, 0.1) is 41.8 Å². The van der Waals surface area contributed by atoms with E-state index in [1.807, 2.05) is 12.1 Å². The second-order valence-corrected chi connectivity index (χ2v) is 8.61. The summed E-state index contributed by atoms with van der Waals surface area (Å²) >= 11 is 0. The number of aliphatic hydroxyl groups is 3. The van der Waals surface area contributed by atoms with Gasteiger partial charge in [0.25, 0.3) is 5.56 Å². The molecule has 0 saturated carbocycles. The van der Waals surface area contributed by atoms with Crippen molar-refractivity contribution in [2.75, 3.05) is 12.4 Å². The summed E-state index contributed by atoms with van der Waals surface area (Å²) in [6.45, 7) is 2.99. The van der Waals surface area contributed by atoms with Crippen molar-refractivity contribution in [3.63, 3.8) is 0 Å². The zero-order chi connectivity index (χ0) is 24.4. The molecule has 0 bridgehead atoms. The Kier molecular flexibility index (Phi) is 4.94. The Morgan fingerprint density at radius 2 is 2.03 bits per heavy atom. The van der Waals surface area contributed by atoms with E-state index in [0.717, 1.165) is 10.9 Å². The minimum absolute atomic E-state index is 0.00657. The molecule has 0 unspecified atom stereocenters. The minimum atomic E-state index is -2.37. The van der Waals surface area contributed by atoms with Crippen LogP contribution in [0, 0.1) is 0 Å². The summed E-state index contributed by atoms with van der Waals surface area (Å²) in [5.74, 6) is -2.60. The molecule has 4 N–H and O–H groups in total. The van der Waals surface area contributed by atoms with Gasteiger partial charge in [-0.3, -0.25) is 4.79 Å². The van der Waals surface area contributed by atoms with Crippen molar-refractivity contribution < 1.29 is 29.6 Å². The lowest BCUT2D eigenvalue weighted by Gasteiger charge is -2.36. The Balaban J connectivity index is 1.86. The highest BCUT2D eigenvalue weighted by atomic mass is 16.6. The fraction of sp³-hybridized carbons (Fsp3) is 0.375. The van der Waals surface area contributed by atoms with Crippen molar-refractivity contribution in [2.24, 2.45) is 0 Å². The van der Waals surface area contributed by atoms with E-state index >= 15 is 0 Å². The number of carbonyl (C=O) groups excluding carboxylic acids is 1. The largest absolute Gasteiger partial charge is 0.497 e. The molecule has 178 valence electrons. The first-order chi connectivity index (χ1) is 16.1. The van der Waals surface area contributed by atoms with E-state index in [4.69, 9.17) is 14.5 Å². The Labute approximate surface area is 194 Å². The van der Waals surface area contributed by atoms with E-state index in [9.17, 15) is 24.9 Å². The van der Waals surface area contributed by atoms with Crippen molar-refractivity contribution in [3.05, 3.63) is 51.3 Å². The highest BCUT2D eigenvalue weighted by Crippen LogP contribution is 2.46. The normalized spacial score (nSPS) is 18.8. The third-order valence-electron chi connectivity index (χ3n) is 6.64. The second-order valence-electron chi connectivity index (χ2n) is 8.61. The highest BCUT2D eigenvalue weighted by molar-refractivity contribution is 5.92. The minimum Gasteiger partial charge on any atom is -0.497 e. The number of ether oxygens (including phenoxy) is 2. The van der Waals surface area contributed by atoms with Crippen LogP contribution in [0.3, 0.4) is 0 Å². The summed E-state index contributed by atoms with van der Waals surface area (Å²) in [6.07, 6.45) is -0.183. The zero-order valence-electron chi connectivity index (χ0n) is 19.0. The van der Waals surface area contributed by atoms with Gasteiger partial charge in [0, 0.05) is 22.9 Å². The summed E-state index contributed by atoms with van der Waals surface area (Å²) in [7, 11) is 1.57. The van der Waals surface area contributed by atoms with Crippen LogP contribution in [0.25, 0.3) is 22.3 Å². The molecule has 0 radical (unpaired) electrons. The molecular weight excluding hydrogens is 442 g/mol. The lowest BCUT2D eigenvalue weighted by molar-refractivity contribution is -0.172. The number of rotatable bonds is 5. The zero-order valence-corrected chi connectivity index (χ0v) is 19.0. The first-order valence-corrected chi connectivity index (χ1v) is 11.0. The van der Waals surface area contributed by atoms with Gasteiger partial charge in [0.15, 0.2) is 5.60 Å². The molecule has 5 rings (SSSR count). The van der Waals surface area contributed by atoms with Gasteiger partial charge in [-0.15, -0.1) is 0 Å². The fourth-order valence-electron chi connectivity index (χ4n) is 4.67. The lowest BCUT2D eigenvalue weighted by atomic mass is 9.84. The molecule has 1 aromatic carbocycles. The standard InChI is InChI=1S/C24H25N3O7/c1-4-23(30)17-15(11-34-22(23)29)21(28)27-10-13-8-12-9-14(33-3)6-7-16(12)25-18(13)20(27)19(17)26-24(31,32)5-2/h6-9,26,30-32H,4-5,10-11H2,1-3H3/t23-/m0/s1. The molecule has 0 amide bonds. The topological polar surface area (TPSA) is 143 Å². The Morgan fingerprint density at radius 1 is 1.26 bits per heavy atom. The van der Waals surface area contributed by atoms with Crippen molar-refractivity contribution in [1.82, 2.24) is 9.55 Å². The number of carbonyl (C=O) groups is 1. The fourth-order valence-corrected chi connectivity index (χ4v) is 4.67. The Bertz CT molecular complexity index is 1410. The molecule has 10 heteroatoms. The number of aromatic nitrogens is 2. The highest BCUT2D eigenvalue weighted by Gasteiger charge is 2.49. The molecule has 2 aliphatic heterocycles. The Morgan fingerprint density at radius 3 is 2.71 bits per heavy atom. The summed E-state index contributed by atoms with van der Waals surface area (Å²) in [4.78, 5) is 30.9. The van der Waals surface area contributed by atoms with Crippen LogP contribution in [0.5, 0.6) is 5.75 Å². The number of anilines is 1. The number of hydrogen-bond acceptors (Lipinski definition) is 9. The second kappa shape index (κ2) is 7.52.